The first-order valence-electron chi connectivity index (χ1n) is 14.4. The van der Waals surface area contributed by atoms with Crippen LogP contribution in [0.5, 0.6) is 5.75 Å². The highest BCUT2D eigenvalue weighted by Crippen LogP contribution is 2.26. The van der Waals surface area contributed by atoms with Crippen molar-refractivity contribution in [3.05, 3.63) is 125 Å². The fourth-order valence-corrected chi connectivity index (χ4v) is 6.41. The third-order valence-electron chi connectivity index (χ3n) is 7.27. The van der Waals surface area contributed by atoms with Crippen molar-refractivity contribution in [1.29, 1.82) is 0 Å². The molecule has 1 aliphatic heterocycles. The molecule has 1 N–H and O–H groups in total. The zero-order valence-electron chi connectivity index (χ0n) is 24.4. The number of morpholine rings is 1. The summed E-state index contributed by atoms with van der Waals surface area (Å²) >= 11 is 6.11. The van der Waals surface area contributed by atoms with E-state index in [1.54, 1.807) is 60.9 Å². The lowest BCUT2D eigenvalue weighted by Gasteiger charge is -2.31. The van der Waals surface area contributed by atoms with Crippen molar-refractivity contribution in [2.24, 2.45) is 0 Å². The van der Waals surface area contributed by atoms with Crippen LogP contribution in [0.2, 0.25) is 5.02 Å². The van der Waals surface area contributed by atoms with Gasteiger partial charge in [-0.25, -0.2) is 8.42 Å². The van der Waals surface area contributed by atoms with E-state index in [4.69, 9.17) is 21.1 Å². The molecule has 2 amide bonds. The van der Waals surface area contributed by atoms with Gasteiger partial charge in [0.2, 0.25) is 15.9 Å². The Kier molecular flexibility index (Phi) is 10.8. The summed E-state index contributed by atoms with van der Waals surface area (Å²) in [5, 5.41) is 3.51. The topological polar surface area (TPSA) is 118 Å². The molecule has 0 spiro atoms. The van der Waals surface area contributed by atoms with E-state index in [-0.39, 0.29) is 43.6 Å². The highest BCUT2D eigenvalue weighted by atomic mass is 35.5. The molecule has 234 valence electrons. The average molecular weight is 649 g/mol. The summed E-state index contributed by atoms with van der Waals surface area (Å²) in [7, 11) is -3.67. The fourth-order valence-electron chi connectivity index (χ4n) is 4.88. The van der Waals surface area contributed by atoms with Crippen molar-refractivity contribution >= 4 is 33.4 Å². The Balaban J connectivity index is 1.36. The predicted molar refractivity (Wildman–Crippen MR) is 169 cm³/mol. The summed E-state index contributed by atoms with van der Waals surface area (Å²) in [4.78, 5) is 33.3. The van der Waals surface area contributed by atoms with E-state index in [1.807, 2.05) is 18.2 Å². The molecule has 12 heteroatoms. The number of amides is 2. The molecule has 1 aromatic heterocycles. The molecule has 1 aliphatic rings. The van der Waals surface area contributed by atoms with E-state index in [1.165, 1.54) is 33.5 Å². The Hall–Kier alpha value is -4.29. The van der Waals surface area contributed by atoms with Crippen LogP contribution < -0.4 is 10.1 Å². The van der Waals surface area contributed by atoms with Gasteiger partial charge < -0.3 is 19.7 Å². The minimum atomic E-state index is -3.67. The SMILES string of the molecule is O=C(NCc1ccncc1)[C@H](c1ccccc1)N(Cc1ccc(Cl)cc1)C(=O)COc1ccc(S(=O)(=O)N2CCOCC2)cc1. The van der Waals surface area contributed by atoms with Gasteiger partial charge in [0.25, 0.3) is 5.91 Å². The smallest absolute Gasteiger partial charge is 0.261 e. The van der Waals surface area contributed by atoms with Crippen LogP contribution in [-0.2, 0) is 37.4 Å². The van der Waals surface area contributed by atoms with Crippen LogP contribution in [0.15, 0.2) is 108 Å². The first-order chi connectivity index (χ1) is 21.8. The van der Waals surface area contributed by atoms with Crippen LogP contribution in [0.25, 0.3) is 0 Å². The number of carbonyl (C=O) groups excluding carboxylic acids is 2. The molecule has 1 atom stereocenters. The zero-order valence-corrected chi connectivity index (χ0v) is 26.0. The first kappa shape index (κ1) is 32.1. The third-order valence-corrected chi connectivity index (χ3v) is 9.44. The number of nitrogens with zero attached hydrogens (tertiary/aromatic N) is 3. The molecule has 1 saturated heterocycles. The van der Waals surface area contributed by atoms with Crippen molar-refractivity contribution in [1.82, 2.24) is 19.5 Å². The largest absolute Gasteiger partial charge is 0.484 e. The van der Waals surface area contributed by atoms with Gasteiger partial charge in [0.1, 0.15) is 11.8 Å². The van der Waals surface area contributed by atoms with Gasteiger partial charge in [-0.3, -0.25) is 14.6 Å². The van der Waals surface area contributed by atoms with E-state index < -0.39 is 22.0 Å². The quantitative estimate of drug-likeness (QED) is 0.244. The molecule has 10 nitrogen and oxygen atoms in total. The Morgan fingerprint density at radius 1 is 0.911 bits per heavy atom. The van der Waals surface area contributed by atoms with Crippen LogP contribution >= 0.6 is 11.6 Å². The van der Waals surface area contributed by atoms with Crippen LogP contribution in [0.4, 0.5) is 0 Å². The van der Waals surface area contributed by atoms with E-state index in [0.29, 0.717) is 29.5 Å². The van der Waals surface area contributed by atoms with Crippen molar-refractivity contribution in [2.75, 3.05) is 32.9 Å². The summed E-state index contributed by atoms with van der Waals surface area (Å²) in [5.41, 5.74) is 2.26. The molecule has 0 radical (unpaired) electrons. The summed E-state index contributed by atoms with van der Waals surface area (Å²) in [5.74, 6) is -0.491. The van der Waals surface area contributed by atoms with Gasteiger partial charge in [-0.05, 0) is 65.2 Å². The van der Waals surface area contributed by atoms with Gasteiger partial charge in [-0.1, -0.05) is 54.1 Å². The summed E-state index contributed by atoms with van der Waals surface area (Å²) < 4.78 is 38.5. The number of aromatic nitrogens is 1. The Morgan fingerprint density at radius 2 is 1.58 bits per heavy atom. The van der Waals surface area contributed by atoms with Gasteiger partial charge in [-0.2, -0.15) is 4.31 Å². The summed E-state index contributed by atoms with van der Waals surface area (Å²) in [6.07, 6.45) is 3.29. The monoisotopic (exact) mass is 648 g/mol. The number of hydrogen-bond donors (Lipinski definition) is 1. The number of ether oxygens (including phenoxy) is 2. The minimum Gasteiger partial charge on any atom is -0.484 e. The molecule has 1 fully saturated rings. The highest BCUT2D eigenvalue weighted by molar-refractivity contribution is 7.89. The second kappa shape index (κ2) is 15.1. The molecule has 5 rings (SSSR count). The number of rotatable bonds is 12. The summed E-state index contributed by atoms with van der Waals surface area (Å²) in [6, 6.07) is 24.7. The lowest BCUT2D eigenvalue weighted by atomic mass is 10.0. The van der Waals surface area contributed by atoms with Crippen molar-refractivity contribution in [3.8, 4) is 5.75 Å². The molecule has 2 heterocycles. The number of benzene rings is 3. The van der Waals surface area contributed by atoms with E-state index in [0.717, 1.165) is 11.1 Å². The van der Waals surface area contributed by atoms with Crippen molar-refractivity contribution in [2.45, 2.75) is 24.0 Å². The second-order valence-corrected chi connectivity index (χ2v) is 12.7. The molecule has 45 heavy (non-hydrogen) atoms. The Morgan fingerprint density at radius 3 is 2.24 bits per heavy atom. The van der Waals surface area contributed by atoms with Crippen LogP contribution in [-0.4, -0.2) is 67.3 Å². The Labute approximate surface area is 267 Å². The molecule has 4 aromatic rings. The van der Waals surface area contributed by atoms with Gasteiger partial charge in [0.15, 0.2) is 6.61 Å². The van der Waals surface area contributed by atoms with Crippen LogP contribution in [0.1, 0.15) is 22.7 Å². The summed E-state index contributed by atoms with van der Waals surface area (Å²) in [6.45, 7) is 1.25. The van der Waals surface area contributed by atoms with Crippen LogP contribution in [0.3, 0.4) is 0 Å². The minimum absolute atomic E-state index is 0.109. The molecular weight excluding hydrogens is 616 g/mol. The number of hydrogen-bond acceptors (Lipinski definition) is 7. The number of pyridine rings is 1. The third kappa shape index (κ3) is 8.46. The molecular formula is C33H33ClN4O6S. The van der Waals surface area contributed by atoms with Crippen LogP contribution in [0, 0.1) is 0 Å². The maximum absolute atomic E-state index is 13.9. The molecule has 0 saturated carbocycles. The molecule has 0 bridgehead atoms. The van der Waals surface area contributed by atoms with Gasteiger partial charge in [0, 0.05) is 43.6 Å². The average Bonchev–Trinajstić information content (AvgIpc) is 3.08. The standard InChI is InChI=1S/C33H33ClN4O6S/c34-28-8-6-26(7-9-28)23-38(32(27-4-2-1-3-5-27)33(40)36-22-25-14-16-35-17-15-25)31(39)24-44-29-10-12-30(13-11-29)45(41,42)37-18-20-43-21-19-37/h1-17,32H,18-24H2,(H,36,40)/t32-/m0/s1. The molecule has 0 unspecified atom stereocenters. The van der Waals surface area contributed by atoms with Gasteiger partial charge in [-0.15, -0.1) is 0 Å². The number of nitrogens with one attached hydrogen (secondary N) is 1. The fraction of sp³-hybridized carbons (Fsp3) is 0.242. The predicted octanol–water partition coefficient (Wildman–Crippen LogP) is 4.22. The first-order valence-corrected chi connectivity index (χ1v) is 16.2. The second-order valence-electron chi connectivity index (χ2n) is 10.3. The van der Waals surface area contributed by atoms with Gasteiger partial charge >= 0.3 is 0 Å². The van der Waals surface area contributed by atoms with E-state index in [9.17, 15) is 18.0 Å². The number of carbonyl (C=O) groups is 2. The normalized spacial score (nSPS) is 14.3. The Bertz CT molecular complexity index is 1670. The zero-order chi connectivity index (χ0) is 31.6. The maximum atomic E-state index is 13.9. The maximum Gasteiger partial charge on any atom is 0.261 e. The molecule has 0 aliphatic carbocycles. The van der Waals surface area contributed by atoms with E-state index >= 15 is 0 Å². The van der Waals surface area contributed by atoms with E-state index in [2.05, 4.69) is 10.3 Å². The van der Waals surface area contributed by atoms with Crippen molar-refractivity contribution < 1.29 is 27.5 Å². The van der Waals surface area contributed by atoms with Gasteiger partial charge in [0.05, 0.1) is 18.1 Å². The number of sulfonamides is 1. The lowest BCUT2D eigenvalue weighted by molar-refractivity contribution is -0.143. The molecule has 3 aromatic carbocycles. The highest BCUT2D eigenvalue weighted by Gasteiger charge is 2.32. The number of halogens is 1. The lowest BCUT2D eigenvalue weighted by Crippen LogP contribution is -2.45. The van der Waals surface area contributed by atoms with Crippen molar-refractivity contribution in [3.63, 3.8) is 0 Å².